The number of nitrogens with zero attached hydrogens (tertiary/aromatic N) is 3. The molecule has 24 heavy (non-hydrogen) atoms. The van der Waals surface area contributed by atoms with Gasteiger partial charge in [-0.25, -0.2) is 9.78 Å². The molecule has 0 radical (unpaired) electrons. The number of amides is 2. The molecule has 2 aromatic rings. The highest BCUT2D eigenvalue weighted by Gasteiger charge is 2.26. The topological polar surface area (TPSA) is 48.5 Å². The van der Waals surface area contributed by atoms with Crippen molar-refractivity contribution in [2.75, 3.05) is 40.3 Å². The van der Waals surface area contributed by atoms with Crippen LogP contribution in [0.5, 0.6) is 0 Å². The summed E-state index contributed by atoms with van der Waals surface area (Å²) in [5.41, 5.74) is 1.07. The molecule has 1 aromatic heterocycles. The summed E-state index contributed by atoms with van der Waals surface area (Å²) in [6.07, 6.45) is 2.96. The Morgan fingerprint density at radius 1 is 1.42 bits per heavy atom. The Morgan fingerprint density at radius 3 is 3.04 bits per heavy atom. The summed E-state index contributed by atoms with van der Waals surface area (Å²) in [5, 5.41) is 4.20. The summed E-state index contributed by atoms with van der Waals surface area (Å²) in [6, 6.07) is 8.31. The van der Waals surface area contributed by atoms with Crippen LogP contribution < -0.4 is 5.32 Å². The normalized spacial score (nSPS) is 17.8. The smallest absolute Gasteiger partial charge is 0.317 e. The van der Waals surface area contributed by atoms with E-state index in [-0.39, 0.29) is 6.03 Å². The van der Waals surface area contributed by atoms with Crippen molar-refractivity contribution in [3.8, 4) is 0 Å². The Labute approximate surface area is 147 Å². The number of aromatic nitrogens is 1. The second kappa shape index (κ2) is 7.94. The molecule has 5 nitrogen and oxygen atoms in total. The first-order chi connectivity index (χ1) is 11.6. The van der Waals surface area contributed by atoms with E-state index in [2.05, 4.69) is 41.4 Å². The summed E-state index contributed by atoms with van der Waals surface area (Å²) in [5.74, 6) is 0.605. The molecule has 0 unspecified atom stereocenters. The number of carbonyl (C=O) groups is 1. The zero-order chi connectivity index (χ0) is 16.9. The third-order valence-corrected chi connectivity index (χ3v) is 5.47. The molecule has 0 saturated carbocycles. The molecule has 1 saturated heterocycles. The van der Waals surface area contributed by atoms with Crippen LogP contribution >= 0.6 is 11.3 Å². The van der Waals surface area contributed by atoms with Crippen molar-refractivity contribution in [2.24, 2.45) is 5.92 Å². The van der Waals surface area contributed by atoms with Crippen LogP contribution in [0, 0.1) is 5.92 Å². The number of thiazole rings is 1. The number of likely N-dealkylation sites (tertiary alicyclic amines) is 1. The van der Waals surface area contributed by atoms with E-state index in [1.807, 2.05) is 17.0 Å². The number of aryl methyl sites for hydroxylation is 1. The molecule has 1 aliphatic heterocycles. The number of nitrogens with one attached hydrogen (secondary N) is 1. The average molecular weight is 347 g/mol. The number of carbonyl (C=O) groups excluding carboxylic acids is 1. The van der Waals surface area contributed by atoms with E-state index in [0.29, 0.717) is 12.5 Å². The van der Waals surface area contributed by atoms with Gasteiger partial charge in [-0.3, -0.25) is 0 Å². The highest BCUT2D eigenvalue weighted by atomic mass is 32.1. The monoisotopic (exact) mass is 346 g/mol. The summed E-state index contributed by atoms with van der Waals surface area (Å²) in [4.78, 5) is 21.0. The van der Waals surface area contributed by atoms with Gasteiger partial charge in [-0.1, -0.05) is 12.1 Å². The van der Waals surface area contributed by atoms with Gasteiger partial charge in [-0.2, -0.15) is 0 Å². The van der Waals surface area contributed by atoms with E-state index in [0.717, 1.165) is 49.4 Å². The molecule has 1 atom stereocenters. The Kier molecular flexibility index (Phi) is 5.68. The molecule has 1 N–H and O–H groups in total. The van der Waals surface area contributed by atoms with Crippen molar-refractivity contribution in [3.63, 3.8) is 0 Å². The van der Waals surface area contributed by atoms with Gasteiger partial charge in [0.2, 0.25) is 0 Å². The number of para-hydroxylation sites is 1. The minimum atomic E-state index is 0.0838. The van der Waals surface area contributed by atoms with Gasteiger partial charge in [0.05, 0.1) is 15.2 Å². The highest BCUT2D eigenvalue weighted by molar-refractivity contribution is 7.18. The Morgan fingerprint density at radius 2 is 2.25 bits per heavy atom. The van der Waals surface area contributed by atoms with Crippen LogP contribution in [0.3, 0.4) is 0 Å². The van der Waals surface area contributed by atoms with Crippen molar-refractivity contribution < 1.29 is 4.79 Å². The van der Waals surface area contributed by atoms with E-state index < -0.39 is 0 Å². The fourth-order valence-electron chi connectivity index (χ4n) is 3.26. The van der Waals surface area contributed by atoms with Crippen LogP contribution in [-0.4, -0.2) is 61.1 Å². The van der Waals surface area contributed by atoms with Gasteiger partial charge >= 0.3 is 6.03 Å². The van der Waals surface area contributed by atoms with Gasteiger partial charge in [-0.05, 0) is 45.0 Å². The second-order valence-electron chi connectivity index (χ2n) is 6.77. The molecular weight excluding hydrogens is 320 g/mol. The lowest BCUT2D eigenvalue weighted by atomic mass is 10.1. The Hall–Kier alpha value is -1.66. The first kappa shape index (κ1) is 17.2. The van der Waals surface area contributed by atoms with E-state index >= 15 is 0 Å². The standard InChI is InChI=1S/C18H26N4OS/c1-21(2)12-14-9-11-22(13-14)18(23)19-10-5-8-17-20-15-6-3-4-7-16(15)24-17/h3-4,6-7,14H,5,8-13H2,1-2H3,(H,19,23)/t14-/m1/s1. The molecule has 0 spiro atoms. The van der Waals surface area contributed by atoms with Crippen molar-refractivity contribution in [1.82, 2.24) is 20.1 Å². The number of hydrogen-bond donors (Lipinski definition) is 1. The number of fused-ring (bicyclic) bond motifs is 1. The molecule has 1 aliphatic rings. The Balaban J connectivity index is 1.38. The summed E-state index contributed by atoms with van der Waals surface area (Å²) < 4.78 is 1.24. The molecule has 3 rings (SSSR count). The van der Waals surface area contributed by atoms with Crippen molar-refractivity contribution in [3.05, 3.63) is 29.3 Å². The molecule has 2 amide bonds. The lowest BCUT2D eigenvalue weighted by Crippen LogP contribution is -2.39. The quantitative estimate of drug-likeness (QED) is 0.818. The minimum absolute atomic E-state index is 0.0838. The fourth-order valence-corrected chi connectivity index (χ4v) is 4.27. The number of rotatable bonds is 6. The maximum absolute atomic E-state index is 12.2. The number of hydrogen-bond acceptors (Lipinski definition) is 4. The first-order valence-electron chi connectivity index (χ1n) is 8.64. The van der Waals surface area contributed by atoms with Gasteiger partial charge < -0.3 is 15.1 Å². The lowest BCUT2D eigenvalue weighted by Gasteiger charge is -2.19. The maximum Gasteiger partial charge on any atom is 0.317 e. The van der Waals surface area contributed by atoms with E-state index in [4.69, 9.17) is 0 Å². The molecule has 2 heterocycles. The van der Waals surface area contributed by atoms with Gasteiger partial charge in [-0.15, -0.1) is 11.3 Å². The highest BCUT2D eigenvalue weighted by Crippen LogP contribution is 2.22. The molecular formula is C18H26N4OS. The molecule has 1 aromatic carbocycles. The predicted octanol–water partition coefficient (Wildman–Crippen LogP) is 2.82. The summed E-state index contributed by atoms with van der Waals surface area (Å²) in [6.45, 7) is 3.52. The molecule has 0 bridgehead atoms. The third-order valence-electron chi connectivity index (χ3n) is 4.38. The summed E-state index contributed by atoms with van der Waals surface area (Å²) in [7, 11) is 4.18. The third kappa shape index (κ3) is 4.45. The van der Waals surface area contributed by atoms with Crippen LogP contribution in [0.1, 0.15) is 17.8 Å². The Bertz CT molecular complexity index is 651. The molecule has 1 fully saturated rings. The fraction of sp³-hybridized carbons (Fsp3) is 0.556. The van der Waals surface area contributed by atoms with E-state index in [1.165, 1.54) is 4.70 Å². The lowest BCUT2D eigenvalue weighted by molar-refractivity contribution is 0.205. The van der Waals surface area contributed by atoms with E-state index in [9.17, 15) is 4.79 Å². The second-order valence-corrected chi connectivity index (χ2v) is 7.89. The van der Waals surface area contributed by atoms with E-state index in [1.54, 1.807) is 11.3 Å². The van der Waals surface area contributed by atoms with Crippen molar-refractivity contribution in [2.45, 2.75) is 19.3 Å². The largest absolute Gasteiger partial charge is 0.338 e. The maximum atomic E-state index is 12.2. The van der Waals surface area contributed by atoms with Gasteiger partial charge in [0.15, 0.2) is 0 Å². The zero-order valence-corrected chi connectivity index (χ0v) is 15.3. The van der Waals surface area contributed by atoms with Gasteiger partial charge in [0.25, 0.3) is 0 Å². The summed E-state index contributed by atoms with van der Waals surface area (Å²) >= 11 is 1.75. The minimum Gasteiger partial charge on any atom is -0.338 e. The first-order valence-corrected chi connectivity index (χ1v) is 9.45. The molecule has 130 valence electrons. The molecule has 0 aliphatic carbocycles. The van der Waals surface area contributed by atoms with Crippen LogP contribution in [0.4, 0.5) is 4.79 Å². The van der Waals surface area contributed by atoms with Crippen LogP contribution in [0.2, 0.25) is 0 Å². The predicted molar refractivity (Wildman–Crippen MR) is 99.6 cm³/mol. The molecule has 6 heteroatoms. The SMILES string of the molecule is CN(C)C[C@H]1CCN(C(=O)NCCCc2nc3ccccc3s2)C1. The zero-order valence-electron chi connectivity index (χ0n) is 14.5. The van der Waals surface area contributed by atoms with Crippen molar-refractivity contribution >= 4 is 27.6 Å². The number of urea groups is 1. The van der Waals surface area contributed by atoms with Gasteiger partial charge in [0, 0.05) is 32.6 Å². The van der Waals surface area contributed by atoms with Crippen LogP contribution in [0.25, 0.3) is 10.2 Å². The van der Waals surface area contributed by atoms with Crippen LogP contribution in [0.15, 0.2) is 24.3 Å². The number of benzene rings is 1. The van der Waals surface area contributed by atoms with Crippen LogP contribution in [-0.2, 0) is 6.42 Å². The average Bonchev–Trinajstić information content (AvgIpc) is 3.17. The van der Waals surface area contributed by atoms with Gasteiger partial charge in [0.1, 0.15) is 0 Å². The van der Waals surface area contributed by atoms with Crippen molar-refractivity contribution in [1.29, 1.82) is 0 Å².